The van der Waals surface area contributed by atoms with Crippen molar-refractivity contribution in [3.05, 3.63) is 178 Å². The van der Waals surface area contributed by atoms with Crippen molar-refractivity contribution in [1.29, 1.82) is 0 Å². The molecule has 0 heterocycles. The summed E-state index contributed by atoms with van der Waals surface area (Å²) in [5.74, 6) is 0. The van der Waals surface area contributed by atoms with Crippen LogP contribution in [0.15, 0.2) is 146 Å². The first kappa shape index (κ1) is 42.8. The predicted molar refractivity (Wildman–Crippen MR) is 248 cm³/mol. The van der Waals surface area contributed by atoms with Crippen molar-refractivity contribution in [2.24, 2.45) is 0 Å². The van der Waals surface area contributed by atoms with E-state index in [4.69, 9.17) is 23.2 Å². The molecule has 0 saturated heterocycles. The molecule has 6 aromatic rings. The summed E-state index contributed by atoms with van der Waals surface area (Å²) in [5.41, 5.74) is 14.4. The Balaban J connectivity index is 0.880. The minimum absolute atomic E-state index is 0.189. The van der Waals surface area contributed by atoms with Crippen LogP contribution in [0.25, 0.3) is 33.4 Å². The van der Waals surface area contributed by atoms with Gasteiger partial charge in [0.05, 0.1) is 0 Å². The fourth-order valence-corrected chi connectivity index (χ4v) is 16.2. The summed E-state index contributed by atoms with van der Waals surface area (Å²) in [7, 11) is 0. The number of halogens is 2. The molecule has 0 fully saturated rings. The third-order valence-electron chi connectivity index (χ3n) is 12.4. The van der Waals surface area contributed by atoms with Crippen LogP contribution in [-0.2, 0) is 18.3 Å². The van der Waals surface area contributed by atoms with Crippen LogP contribution in [0.5, 0.6) is 0 Å². The molecule has 0 nitrogen and oxygen atoms in total. The number of fused-ring (bicyclic) bond motifs is 3. The Bertz CT molecular complexity index is 1980. The van der Waals surface area contributed by atoms with Crippen LogP contribution in [0.4, 0.5) is 0 Å². The molecule has 0 aliphatic heterocycles. The Morgan fingerprint density at radius 1 is 0.368 bits per heavy atom. The third-order valence-corrected chi connectivity index (χ3v) is 17.8. The number of benzene rings is 6. The van der Waals surface area contributed by atoms with Crippen LogP contribution in [0.3, 0.4) is 0 Å². The summed E-state index contributed by atoms with van der Waals surface area (Å²) in [4.78, 5) is 0. The predicted octanol–water partition coefficient (Wildman–Crippen LogP) is 15.7. The van der Waals surface area contributed by atoms with E-state index in [0.717, 1.165) is 17.4 Å². The van der Waals surface area contributed by atoms with Crippen molar-refractivity contribution in [1.82, 2.24) is 0 Å². The van der Waals surface area contributed by atoms with Crippen LogP contribution in [-0.4, -0.2) is 48.7 Å². The molecule has 0 N–H and O–H groups in total. The average Bonchev–Trinajstić information content (AvgIpc) is 3.55. The van der Waals surface area contributed by atoms with Gasteiger partial charge in [-0.05, 0) is 35.4 Å². The van der Waals surface area contributed by atoms with Gasteiger partial charge in [0.2, 0.25) is 0 Å². The SMILES string of the molecule is Clc1ccc(-c2ccc(CCCCCCC[CH]([In])C3([CH]([In])CCCCCCCc4ccc(-c5ccc(Cl)cc5)cc4)c4ccccc4-c4ccccc43)cc2)cc1. The Hall–Kier alpha value is -2.36. The molecule has 0 bridgehead atoms. The zero-order chi connectivity index (χ0) is 39.5. The van der Waals surface area contributed by atoms with E-state index in [1.165, 1.54) is 183 Å². The molecular formula is C53H54Cl2In2. The number of unbranched alkanes of at least 4 members (excludes halogenated alkanes) is 8. The second-order valence-electron chi connectivity index (χ2n) is 16.2. The smallest absolute Gasteiger partial charge is 0.0429 e. The molecule has 0 saturated carbocycles. The number of rotatable bonds is 20. The van der Waals surface area contributed by atoms with Gasteiger partial charge in [0.15, 0.2) is 0 Å². The fraction of sp³-hybridized carbons (Fsp3) is 0.321. The van der Waals surface area contributed by atoms with E-state index in [0.29, 0.717) is 0 Å². The number of aryl methyl sites for hydroxylation is 2. The van der Waals surface area contributed by atoms with Gasteiger partial charge in [0.1, 0.15) is 0 Å². The molecule has 286 valence electrons. The topological polar surface area (TPSA) is 0 Å². The summed E-state index contributed by atoms with van der Waals surface area (Å²) in [6, 6.07) is 53.5. The van der Waals surface area contributed by atoms with Gasteiger partial charge in [0.25, 0.3) is 0 Å². The normalized spacial score (nSPS) is 13.9. The van der Waals surface area contributed by atoms with E-state index in [9.17, 15) is 0 Å². The van der Waals surface area contributed by atoms with Crippen molar-refractivity contribution in [2.45, 2.75) is 103 Å². The zero-order valence-electron chi connectivity index (χ0n) is 33.3. The standard InChI is InChI=1S/C53H54Cl2.2In/c54-47-35-31-45(32-36-47)43-27-23-41(24-28-43)17-9-5-1-3-7-15-39-53(51-21-13-11-19-49(51)50-20-12-14-22-52(50)53)40-16-8-4-2-6-10-18-42-25-29-44(30-26-42)46-33-37-48(55)38-34-46;;/h11-14,19-40H,1-10,15-18H2;;. The second kappa shape index (κ2) is 21.2. The summed E-state index contributed by atoms with van der Waals surface area (Å²) < 4.78 is 1.50. The van der Waals surface area contributed by atoms with Crippen molar-refractivity contribution in [3.63, 3.8) is 0 Å². The van der Waals surface area contributed by atoms with Gasteiger partial charge in [-0.3, -0.25) is 0 Å². The fourth-order valence-electron chi connectivity index (χ4n) is 9.29. The molecule has 2 unspecified atom stereocenters. The largest absolute Gasteiger partial charge is 0.0529 e. The average molecular weight is 992 g/mol. The molecule has 7 rings (SSSR count). The maximum absolute atomic E-state index is 6.09. The van der Waals surface area contributed by atoms with Gasteiger partial charge in [-0.25, -0.2) is 0 Å². The Labute approximate surface area is 382 Å². The van der Waals surface area contributed by atoms with Crippen LogP contribution in [0.1, 0.15) is 99.3 Å². The first-order chi connectivity index (χ1) is 27.9. The van der Waals surface area contributed by atoms with E-state index in [2.05, 4.69) is 121 Å². The molecule has 4 heteroatoms. The summed E-state index contributed by atoms with van der Waals surface area (Å²) in [6.07, 6.45) is 18.3. The molecule has 0 spiro atoms. The summed E-state index contributed by atoms with van der Waals surface area (Å²) >= 11 is 14.8. The monoisotopic (exact) mass is 990 g/mol. The number of hydrogen-bond acceptors (Lipinski definition) is 0. The maximum Gasteiger partial charge on any atom is -0.0429 e. The molecule has 1 aliphatic rings. The quantitative estimate of drug-likeness (QED) is 0.0669. The maximum atomic E-state index is 6.09. The first-order valence-corrected chi connectivity index (χ1v) is 25.9. The molecule has 0 aromatic heterocycles. The van der Waals surface area contributed by atoms with Crippen molar-refractivity contribution in [3.8, 4) is 33.4 Å². The molecule has 0 amide bonds. The van der Waals surface area contributed by atoms with Crippen molar-refractivity contribution >= 4 is 72.0 Å². The molecule has 2 atom stereocenters. The van der Waals surface area contributed by atoms with E-state index < -0.39 is 0 Å². The van der Waals surface area contributed by atoms with Gasteiger partial charge in [-0.1, -0.05) is 47.5 Å². The molecular weight excluding hydrogens is 937 g/mol. The number of hydrogen-bond donors (Lipinski definition) is 0. The first-order valence-electron chi connectivity index (χ1n) is 21.3. The Morgan fingerprint density at radius 2 is 0.684 bits per heavy atom. The Kier molecular flexibility index (Phi) is 15.9. The molecule has 57 heavy (non-hydrogen) atoms. The van der Waals surface area contributed by atoms with Gasteiger partial charge in [-0.2, -0.15) is 0 Å². The van der Waals surface area contributed by atoms with E-state index in [-0.39, 0.29) is 5.41 Å². The van der Waals surface area contributed by atoms with Crippen LogP contribution < -0.4 is 0 Å². The van der Waals surface area contributed by atoms with Gasteiger partial charge >= 0.3 is 293 Å². The summed E-state index contributed by atoms with van der Waals surface area (Å²) in [6.45, 7) is 0. The zero-order valence-corrected chi connectivity index (χ0v) is 41.4. The van der Waals surface area contributed by atoms with Crippen LogP contribution >= 0.6 is 23.2 Å². The molecule has 1 aliphatic carbocycles. The van der Waals surface area contributed by atoms with E-state index in [1.54, 1.807) is 11.1 Å². The molecule has 4 radical (unpaired) electrons. The van der Waals surface area contributed by atoms with Gasteiger partial charge < -0.3 is 0 Å². The van der Waals surface area contributed by atoms with E-state index in [1.807, 2.05) is 24.3 Å². The minimum Gasteiger partial charge on any atom is -0.0529 e. The minimum atomic E-state index is 0.189. The van der Waals surface area contributed by atoms with Gasteiger partial charge in [0, 0.05) is 10.0 Å². The van der Waals surface area contributed by atoms with Crippen LogP contribution in [0, 0.1) is 0 Å². The van der Waals surface area contributed by atoms with Crippen molar-refractivity contribution < 1.29 is 0 Å². The summed E-state index contributed by atoms with van der Waals surface area (Å²) in [5, 5.41) is 1.57. The molecule has 6 aromatic carbocycles. The van der Waals surface area contributed by atoms with Crippen molar-refractivity contribution in [2.75, 3.05) is 0 Å². The Morgan fingerprint density at radius 3 is 1.07 bits per heavy atom. The van der Waals surface area contributed by atoms with Crippen LogP contribution in [0.2, 0.25) is 17.4 Å². The second-order valence-corrected chi connectivity index (χ2v) is 21.7. The van der Waals surface area contributed by atoms with Gasteiger partial charge in [-0.15, -0.1) is 0 Å². The third kappa shape index (κ3) is 10.7. The van der Waals surface area contributed by atoms with E-state index >= 15 is 0 Å².